The highest BCUT2D eigenvalue weighted by molar-refractivity contribution is 7.89. The van der Waals surface area contributed by atoms with Gasteiger partial charge in [-0.3, -0.25) is 4.79 Å². The smallest absolute Gasteiger partial charge is 0.243 e. The first-order valence-electron chi connectivity index (χ1n) is 8.15. The predicted octanol–water partition coefficient (Wildman–Crippen LogP) is 2.69. The molecule has 2 saturated carbocycles. The van der Waals surface area contributed by atoms with E-state index in [1.165, 1.54) is 5.57 Å². The maximum Gasteiger partial charge on any atom is 0.243 e. The molecule has 23 heavy (non-hydrogen) atoms. The molecule has 1 spiro atoms. The number of aryl methyl sites for hydroxylation is 1. The molecule has 1 unspecified atom stereocenters. The number of hydrogen-bond acceptors (Lipinski definition) is 3. The van der Waals surface area contributed by atoms with Crippen LogP contribution in [0.15, 0.2) is 40.3 Å². The highest BCUT2D eigenvalue weighted by atomic mass is 32.2. The van der Waals surface area contributed by atoms with Crippen LogP contribution in [0, 0.1) is 18.3 Å². The summed E-state index contributed by atoms with van der Waals surface area (Å²) in [5.74, 6) is 0.408. The second-order valence-electron chi connectivity index (χ2n) is 7.21. The van der Waals surface area contributed by atoms with E-state index in [2.05, 4.69) is 0 Å². The molecule has 4 rings (SSSR count). The second kappa shape index (κ2) is 4.77. The maximum absolute atomic E-state index is 12.9. The average molecular weight is 331 g/mol. The van der Waals surface area contributed by atoms with Crippen molar-refractivity contribution in [2.45, 2.75) is 38.0 Å². The molecule has 1 aromatic rings. The zero-order valence-corrected chi connectivity index (χ0v) is 14.3. The largest absolute Gasteiger partial charge is 0.299 e. The summed E-state index contributed by atoms with van der Waals surface area (Å²) in [5.41, 5.74) is 3.19. The van der Waals surface area contributed by atoms with Crippen molar-refractivity contribution in [3.05, 3.63) is 41.0 Å². The van der Waals surface area contributed by atoms with Crippen molar-refractivity contribution in [3.8, 4) is 0 Å². The van der Waals surface area contributed by atoms with Gasteiger partial charge < -0.3 is 0 Å². The molecule has 0 N–H and O–H groups in total. The fraction of sp³-hybridized carbons (Fsp3) is 0.500. The minimum atomic E-state index is -3.50. The zero-order chi connectivity index (χ0) is 16.4. The molecule has 3 aliphatic rings. The van der Waals surface area contributed by atoms with E-state index in [-0.39, 0.29) is 11.3 Å². The van der Waals surface area contributed by atoms with E-state index in [4.69, 9.17) is 0 Å². The second-order valence-corrected chi connectivity index (χ2v) is 9.15. The molecule has 0 radical (unpaired) electrons. The van der Waals surface area contributed by atoms with Crippen LogP contribution in [0.2, 0.25) is 0 Å². The van der Waals surface area contributed by atoms with Gasteiger partial charge in [-0.25, -0.2) is 8.42 Å². The van der Waals surface area contributed by atoms with Crippen molar-refractivity contribution in [3.63, 3.8) is 0 Å². The summed E-state index contributed by atoms with van der Waals surface area (Å²) in [6.07, 6.45) is 2.42. The van der Waals surface area contributed by atoms with Crippen LogP contribution in [0.5, 0.6) is 0 Å². The van der Waals surface area contributed by atoms with Crippen LogP contribution in [-0.2, 0) is 14.8 Å². The Bertz CT molecular complexity index is 816. The number of nitrogens with zero attached hydrogens (tertiary/aromatic N) is 1. The molecule has 2 aliphatic carbocycles. The minimum absolute atomic E-state index is 0.0824. The molecule has 0 amide bonds. The standard InChI is InChI=1S/C18H21NO3S/c1-12-3-5-15(6-4-12)23(21,22)19-10-13(2)17-14(11-19)9-16(20)18(17)7-8-18/h3-6,14H,7-11H2,1-2H3. The van der Waals surface area contributed by atoms with Crippen LogP contribution in [0.3, 0.4) is 0 Å². The lowest BCUT2D eigenvalue weighted by molar-refractivity contribution is -0.121. The fourth-order valence-electron chi connectivity index (χ4n) is 4.35. The fourth-order valence-corrected chi connectivity index (χ4v) is 5.87. The predicted molar refractivity (Wildman–Crippen MR) is 87.4 cm³/mol. The average Bonchev–Trinajstić information content (AvgIpc) is 3.23. The summed E-state index contributed by atoms with van der Waals surface area (Å²) < 4.78 is 27.4. The lowest BCUT2D eigenvalue weighted by Gasteiger charge is -2.33. The molecule has 2 fully saturated rings. The Labute approximate surface area is 137 Å². The summed E-state index contributed by atoms with van der Waals surface area (Å²) in [7, 11) is -3.50. The van der Waals surface area contributed by atoms with Crippen molar-refractivity contribution in [1.29, 1.82) is 0 Å². The highest BCUT2D eigenvalue weighted by Crippen LogP contribution is 2.62. The minimum Gasteiger partial charge on any atom is -0.299 e. The van der Waals surface area contributed by atoms with Crippen molar-refractivity contribution in [2.75, 3.05) is 13.1 Å². The van der Waals surface area contributed by atoms with Crippen LogP contribution in [0.1, 0.15) is 31.7 Å². The van der Waals surface area contributed by atoms with E-state index < -0.39 is 10.0 Å². The van der Waals surface area contributed by atoms with E-state index in [9.17, 15) is 13.2 Å². The van der Waals surface area contributed by atoms with Crippen LogP contribution in [0.25, 0.3) is 0 Å². The quantitative estimate of drug-likeness (QED) is 0.783. The first kappa shape index (κ1) is 15.1. The van der Waals surface area contributed by atoms with Crippen LogP contribution < -0.4 is 0 Å². The maximum atomic E-state index is 12.9. The van der Waals surface area contributed by atoms with E-state index in [0.717, 1.165) is 24.0 Å². The Morgan fingerprint density at radius 3 is 2.39 bits per heavy atom. The van der Waals surface area contributed by atoms with Gasteiger partial charge in [-0.05, 0) is 38.8 Å². The first-order chi connectivity index (χ1) is 10.8. The Morgan fingerprint density at radius 2 is 1.78 bits per heavy atom. The number of Topliss-reactive ketones (excluding diaryl/α,β-unsaturated/α-hetero) is 1. The highest BCUT2D eigenvalue weighted by Gasteiger charge is 2.60. The molecule has 1 aromatic carbocycles. The van der Waals surface area contributed by atoms with E-state index in [1.807, 2.05) is 26.0 Å². The van der Waals surface area contributed by atoms with Gasteiger partial charge in [-0.2, -0.15) is 4.31 Å². The topological polar surface area (TPSA) is 54.5 Å². The normalized spacial score (nSPS) is 26.7. The summed E-state index contributed by atoms with van der Waals surface area (Å²) in [4.78, 5) is 12.7. The molecule has 122 valence electrons. The molecule has 1 heterocycles. The van der Waals surface area contributed by atoms with Gasteiger partial charge in [0, 0.05) is 25.4 Å². The third-order valence-corrected chi connectivity index (χ3v) is 7.42. The lowest BCUT2D eigenvalue weighted by atomic mass is 9.87. The summed E-state index contributed by atoms with van der Waals surface area (Å²) in [5, 5.41) is 0. The van der Waals surface area contributed by atoms with Crippen molar-refractivity contribution >= 4 is 15.8 Å². The Morgan fingerprint density at radius 1 is 1.13 bits per heavy atom. The molecule has 0 aromatic heterocycles. The Balaban J connectivity index is 1.68. The number of ketones is 1. The van der Waals surface area contributed by atoms with E-state index in [0.29, 0.717) is 30.2 Å². The number of hydrogen-bond donors (Lipinski definition) is 0. The third-order valence-electron chi connectivity index (χ3n) is 5.60. The lowest BCUT2D eigenvalue weighted by Crippen LogP contribution is -2.40. The number of carbonyl (C=O) groups excluding carboxylic acids is 1. The zero-order valence-electron chi connectivity index (χ0n) is 13.5. The van der Waals surface area contributed by atoms with Crippen molar-refractivity contribution < 1.29 is 13.2 Å². The summed E-state index contributed by atoms with van der Waals surface area (Å²) in [6.45, 7) is 4.79. The van der Waals surface area contributed by atoms with Gasteiger partial charge >= 0.3 is 0 Å². The van der Waals surface area contributed by atoms with Gasteiger partial charge in [0.25, 0.3) is 0 Å². The summed E-state index contributed by atoms with van der Waals surface area (Å²) >= 11 is 0. The number of benzene rings is 1. The molecule has 1 atom stereocenters. The number of carbonyl (C=O) groups is 1. The van der Waals surface area contributed by atoms with Crippen LogP contribution in [0.4, 0.5) is 0 Å². The SMILES string of the molecule is CC1=C2C(CC(=O)C23CC3)CN(S(=O)(=O)c2ccc(C)cc2)C1. The first-order valence-corrected chi connectivity index (χ1v) is 9.59. The van der Waals surface area contributed by atoms with Gasteiger partial charge in [-0.15, -0.1) is 0 Å². The third kappa shape index (κ3) is 2.13. The molecule has 1 aliphatic heterocycles. The van der Waals surface area contributed by atoms with E-state index in [1.54, 1.807) is 16.4 Å². The Kier molecular flexibility index (Phi) is 3.13. The van der Waals surface area contributed by atoms with Gasteiger partial charge in [0.05, 0.1) is 10.3 Å². The van der Waals surface area contributed by atoms with Gasteiger partial charge in [0.15, 0.2) is 0 Å². The number of rotatable bonds is 2. The van der Waals surface area contributed by atoms with Gasteiger partial charge in [0.2, 0.25) is 10.0 Å². The number of fused-ring (bicyclic) bond motifs is 2. The van der Waals surface area contributed by atoms with E-state index >= 15 is 0 Å². The Hall–Kier alpha value is -1.46. The summed E-state index contributed by atoms with van der Waals surface area (Å²) in [6, 6.07) is 6.98. The van der Waals surface area contributed by atoms with Crippen molar-refractivity contribution in [1.82, 2.24) is 4.31 Å². The van der Waals surface area contributed by atoms with Gasteiger partial charge in [0.1, 0.15) is 5.78 Å². The molecule has 0 bridgehead atoms. The molecule has 4 nitrogen and oxygen atoms in total. The molecule has 0 saturated heterocycles. The van der Waals surface area contributed by atoms with Crippen LogP contribution >= 0.6 is 0 Å². The number of sulfonamides is 1. The molecular formula is C18H21NO3S. The molecular weight excluding hydrogens is 310 g/mol. The molecule has 5 heteroatoms. The monoisotopic (exact) mass is 331 g/mol. The van der Waals surface area contributed by atoms with Gasteiger partial charge in [-0.1, -0.05) is 28.8 Å². The van der Waals surface area contributed by atoms with Crippen molar-refractivity contribution in [2.24, 2.45) is 11.3 Å². The van der Waals surface area contributed by atoms with Crippen LogP contribution in [-0.4, -0.2) is 31.6 Å².